The van der Waals surface area contributed by atoms with E-state index in [-0.39, 0.29) is 18.2 Å². The second-order valence-electron chi connectivity index (χ2n) is 9.46. The molecule has 5 rings (SSSR count). The lowest BCUT2D eigenvalue weighted by molar-refractivity contribution is 0.324. The monoisotopic (exact) mass is 578 g/mol. The van der Waals surface area contributed by atoms with Crippen molar-refractivity contribution in [1.82, 2.24) is 29.5 Å². The van der Waals surface area contributed by atoms with Gasteiger partial charge < -0.3 is 14.2 Å². The molecule has 212 valence electrons. The third-order valence-electron chi connectivity index (χ3n) is 6.55. The van der Waals surface area contributed by atoms with Gasteiger partial charge in [0.05, 0.1) is 31.9 Å². The predicted molar refractivity (Wildman–Crippen MR) is 151 cm³/mol. The first-order valence-corrected chi connectivity index (χ1v) is 13.6. The molecule has 0 radical (unpaired) electrons. The molecule has 2 heterocycles. The maximum absolute atomic E-state index is 14.6. The summed E-state index contributed by atoms with van der Waals surface area (Å²) in [6.07, 6.45) is 2.87. The third kappa shape index (κ3) is 5.87. The molecule has 0 N–H and O–H groups in total. The van der Waals surface area contributed by atoms with Gasteiger partial charge in [0.25, 0.3) is 0 Å². The fraction of sp³-hybridized carbons (Fsp3) is 0.241. The molecule has 0 fully saturated rings. The minimum Gasteiger partial charge on any atom is -0.493 e. The van der Waals surface area contributed by atoms with Crippen molar-refractivity contribution in [3.05, 3.63) is 96.3 Å². The molecule has 0 saturated heterocycles. The van der Waals surface area contributed by atoms with Gasteiger partial charge >= 0.3 is 0 Å². The van der Waals surface area contributed by atoms with Crippen LogP contribution in [0.5, 0.6) is 17.2 Å². The highest BCUT2D eigenvalue weighted by Gasteiger charge is 2.32. The second kappa shape index (κ2) is 12.0. The molecule has 3 aromatic carbocycles. The summed E-state index contributed by atoms with van der Waals surface area (Å²) >= 11 is 1.40. The van der Waals surface area contributed by atoms with E-state index >= 15 is 0 Å². The molecule has 41 heavy (non-hydrogen) atoms. The Hall–Kier alpha value is -4.45. The molecule has 0 aliphatic carbocycles. The summed E-state index contributed by atoms with van der Waals surface area (Å²) < 4.78 is 48.4. The number of aromatic nitrogens is 6. The Morgan fingerprint density at radius 1 is 0.854 bits per heavy atom. The first-order chi connectivity index (χ1) is 19.8. The van der Waals surface area contributed by atoms with E-state index in [0.29, 0.717) is 39.6 Å². The van der Waals surface area contributed by atoms with Crippen molar-refractivity contribution < 1.29 is 23.0 Å². The number of hydrogen-bond donors (Lipinski definition) is 0. The van der Waals surface area contributed by atoms with Gasteiger partial charge in [-0.15, -0.1) is 10.2 Å². The van der Waals surface area contributed by atoms with E-state index in [1.165, 1.54) is 47.3 Å². The molecule has 2 aromatic heterocycles. The minimum absolute atomic E-state index is 0.129. The van der Waals surface area contributed by atoms with Crippen molar-refractivity contribution in [3.63, 3.8) is 0 Å². The van der Waals surface area contributed by atoms with Gasteiger partial charge in [0, 0.05) is 17.5 Å². The summed E-state index contributed by atoms with van der Waals surface area (Å²) in [7, 11) is 3.17. The number of thioether (sulfide) groups is 1. The Morgan fingerprint density at radius 3 is 2.27 bits per heavy atom. The maximum Gasteiger partial charge on any atom is 0.195 e. The van der Waals surface area contributed by atoms with Crippen LogP contribution >= 0.6 is 11.8 Å². The molecule has 0 atom stereocenters. The van der Waals surface area contributed by atoms with Gasteiger partial charge in [-0.1, -0.05) is 17.8 Å². The highest BCUT2D eigenvalue weighted by atomic mass is 32.2. The number of methoxy groups -OCH3 is 2. The molecule has 5 aromatic rings. The first-order valence-electron chi connectivity index (χ1n) is 12.7. The van der Waals surface area contributed by atoms with Crippen LogP contribution in [0.2, 0.25) is 0 Å². The van der Waals surface area contributed by atoms with Crippen LogP contribution in [0.15, 0.2) is 78.5 Å². The molecule has 0 unspecified atom stereocenters. The van der Waals surface area contributed by atoms with E-state index in [1.54, 1.807) is 38.5 Å². The molecule has 0 aliphatic heterocycles. The van der Waals surface area contributed by atoms with E-state index in [0.717, 1.165) is 5.56 Å². The van der Waals surface area contributed by atoms with Crippen molar-refractivity contribution in [1.29, 1.82) is 0 Å². The van der Waals surface area contributed by atoms with Crippen LogP contribution in [-0.4, -0.2) is 56.1 Å². The lowest BCUT2D eigenvalue weighted by Gasteiger charge is -2.26. The summed E-state index contributed by atoms with van der Waals surface area (Å²) in [6.45, 7) is 4.28. The smallest absolute Gasteiger partial charge is 0.195 e. The summed E-state index contributed by atoms with van der Waals surface area (Å²) in [6, 6.07) is 16.5. The zero-order valence-electron chi connectivity index (χ0n) is 22.9. The summed E-state index contributed by atoms with van der Waals surface area (Å²) in [5.41, 5.74) is 1.55. The normalized spacial score (nSPS) is 11.5. The average molecular weight is 579 g/mol. The van der Waals surface area contributed by atoms with Crippen LogP contribution in [0.3, 0.4) is 0 Å². The first kappa shape index (κ1) is 28.1. The molecule has 0 aliphatic rings. The van der Waals surface area contributed by atoms with Gasteiger partial charge in [-0.25, -0.2) is 18.4 Å². The molecule has 12 heteroatoms. The van der Waals surface area contributed by atoms with Gasteiger partial charge in [0.1, 0.15) is 24.3 Å². The van der Waals surface area contributed by atoms with E-state index in [4.69, 9.17) is 14.2 Å². The summed E-state index contributed by atoms with van der Waals surface area (Å²) in [5, 5.41) is 13.6. The molecule has 0 amide bonds. The van der Waals surface area contributed by atoms with Crippen molar-refractivity contribution in [2.24, 2.45) is 0 Å². The number of nitrogens with zero attached hydrogens (tertiary/aromatic N) is 6. The quantitative estimate of drug-likeness (QED) is 0.147. The van der Waals surface area contributed by atoms with Crippen LogP contribution in [0, 0.1) is 11.6 Å². The zero-order chi connectivity index (χ0) is 29.0. The van der Waals surface area contributed by atoms with E-state index < -0.39 is 11.2 Å². The molecule has 0 bridgehead atoms. The van der Waals surface area contributed by atoms with Crippen molar-refractivity contribution in [2.45, 2.75) is 24.4 Å². The predicted octanol–water partition coefficient (Wildman–Crippen LogP) is 5.64. The van der Waals surface area contributed by atoms with Gasteiger partial charge in [0.15, 0.2) is 28.2 Å². The van der Waals surface area contributed by atoms with Crippen LogP contribution in [0.1, 0.15) is 25.2 Å². The summed E-state index contributed by atoms with van der Waals surface area (Å²) in [4.78, 5) is 3.88. The van der Waals surface area contributed by atoms with E-state index in [1.807, 2.05) is 36.6 Å². The van der Waals surface area contributed by atoms with Crippen LogP contribution in [0.4, 0.5) is 8.78 Å². The fourth-order valence-electron chi connectivity index (χ4n) is 4.32. The van der Waals surface area contributed by atoms with Crippen LogP contribution in [0.25, 0.3) is 11.4 Å². The van der Waals surface area contributed by atoms with E-state index in [2.05, 4.69) is 20.3 Å². The number of halogens is 2. The zero-order valence-corrected chi connectivity index (χ0v) is 23.7. The van der Waals surface area contributed by atoms with Gasteiger partial charge in [-0.2, -0.15) is 5.10 Å². The highest BCUT2D eigenvalue weighted by Crippen LogP contribution is 2.38. The Morgan fingerprint density at radius 2 is 1.59 bits per heavy atom. The highest BCUT2D eigenvalue weighted by molar-refractivity contribution is 7.99. The van der Waals surface area contributed by atoms with Crippen molar-refractivity contribution in [3.8, 4) is 28.6 Å². The van der Waals surface area contributed by atoms with Crippen molar-refractivity contribution >= 4 is 11.8 Å². The Labute approximate surface area is 240 Å². The Bertz CT molecular complexity index is 1620. The SMILES string of the molecule is COc1ccc(C(C)(C)c2nnc(SCCOc3ccc(-n4cncn4)cc3F)n2-c2ccc(F)cc2)cc1OC. The van der Waals surface area contributed by atoms with Crippen LogP contribution in [-0.2, 0) is 5.41 Å². The minimum atomic E-state index is -0.620. The lowest BCUT2D eigenvalue weighted by atomic mass is 9.83. The number of benzene rings is 3. The van der Waals surface area contributed by atoms with Gasteiger partial charge in [0.2, 0.25) is 0 Å². The second-order valence-corrected chi connectivity index (χ2v) is 10.5. The average Bonchev–Trinajstić information content (AvgIpc) is 3.67. The maximum atomic E-state index is 14.6. The van der Waals surface area contributed by atoms with E-state index in [9.17, 15) is 8.78 Å². The molecular formula is C29H28F2N6O3S. The third-order valence-corrected chi connectivity index (χ3v) is 7.45. The number of ether oxygens (including phenoxy) is 3. The fourth-order valence-corrected chi connectivity index (χ4v) is 5.09. The lowest BCUT2D eigenvalue weighted by Crippen LogP contribution is -2.24. The topological polar surface area (TPSA) is 89.1 Å². The van der Waals surface area contributed by atoms with Gasteiger partial charge in [-0.05, 0) is 67.9 Å². The molecule has 0 saturated carbocycles. The Balaban J connectivity index is 1.38. The largest absolute Gasteiger partial charge is 0.493 e. The standard InChI is InChI=1S/C29H28F2N6O3S/c1-29(2,19-5-11-25(38-3)26(15-19)39-4)27-34-35-28(37(27)21-8-6-20(30)7-9-21)41-14-13-40-24-12-10-22(16-23(24)31)36-18-32-17-33-36/h5-12,15-18H,13-14H2,1-4H3. The number of rotatable bonds is 11. The molecule has 9 nitrogen and oxygen atoms in total. The number of hydrogen-bond acceptors (Lipinski definition) is 8. The van der Waals surface area contributed by atoms with Gasteiger partial charge in [-0.3, -0.25) is 4.57 Å². The van der Waals surface area contributed by atoms with Crippen LogP contribution < -0.4 is 14.2 Å². The van der Waals surface area contributed by atoms with Crippen molar-refractivity contribution in [2.75, 3.05) is 26.6 Å². The Kier molecular flexibility index (Phi) is 8.20. The molecule has 0 spiro atoms. The summed E-state index contributed by atoms with van der Waals surface area (Å²) in [5.74, 6) is 1.60. The molecular weight excluding hydrogens is 550 g/mol.